The van der Waals surface area contributed by atoms with Crippen LogP contribution in [0.1, 0.15) is 25.3 Å². The van der Waals surface area contributed by atoms with Crippen molar-refractivity contribution in [2.75, 3.05) is 26.7 Å². The second-order valence-corrected chi connectivity index (χ2v) is 7.57. The summed E-state index contributed by atoms with van der Waals surface area (Å²) in [6.07, 6.45) is 3.56. The minimum Gasteiger partial charge on any atom is -0.496 e. The molecule has 0 bridgehead atoms. The number of imide groups is 1. The van der Waals surface area contributed by atoms with Gasteiger partial charge >= 0.3 is 0 Å². The standard InChI is InChI=1S/C19H22N2O4S/c1-13-7-9-20(10-8-13)17(22)12-21-18(23)16(26-19(21)24)11-14-5-3-4-6-15(14)25-2/h3-6,11,13H,7-10,12H2,1-2H3/b16-11-. The van der Waals surface area contributed by atoms with Crippen LogP contribution in [0.2, 0.25) is 0 Å². The Morgan fingerprint density at radius 3 is 2.65 bits per heavy atom. The van der Waals surface area contributed by atoms with Gasteiger partial charge in [-0.2, -0.15) is 0 Å². The van der Waals surface area contributed by atoms with E-state index in [1.807, 2.05) is 18.2 Å². The van der Waals surface area contributed by atoms with Gasteiger partial charge in [-0.05, 0) is 42.7 Å². The van der Waals surface area contributed by atoms with E-state index in [2.05, 4.69) is 6.92 Å². The van der Waals surface area contributed by atoms with Gasteiger partial charge in [0.25, 0.3) is 11.1 Å². The highest BCUT2D eigenvalue weighted by Crippen LogP contribution is 2.34. The lowest BCUT2D eigenvalue weighted by Gasteiger charge is -2.31. The Morgan fingerprint density at radius 1 is 1.27 bits per heavy atom. The lowest BCUT2D eigenvalue weighted by Crippen LogP contribution is -2.45. The number of amides is 3. The van der Waals surface area contributed by atoms with Crippen molar-refractivity contribution in [3.05, 3.63) is 34.7 Å². The molecule has 0 radical (unpaired) electrons. The lowest BCUT2D eigenvalue weighted by atomic mass is 9.99. The maximum atomic E-state index is 12.6. The third-order valence-corrected chi connectivity index (χ3v) is 5.64. The summed E-state index contributed by atoms with van der Waals surface area (Å²) in [7, 11) is 1.55. The third kappa shape index (κ3) is 3.93. The summed E-state index contributed by atoms with van der Waals surface area (Å²) in [5.41, 5.74) is 0.719. The quantitative estimate of drug-likeness (QED) is 0.758. The highest BCUT2D eigenvalue weighted by molar-refractivity contribution is 8.18. The first-order valence-corrected chi connectivity index (χ1v) is 9.47. The number of hydrogen-bond acceptors (Lipinski definition) is 5. The molecule has 26 heavy (non-hydrogen) atoms. The van der Waals surface area contributed by atoms with Gasteiger partial charge in [0.2, 0.25) is 5.91 Å². The fourth-order valence-corrected chi connectivity index (χ4v) is 3.89. The first-order chi connectivity index (χ1) is 12.5. The molecule has 0 saturated carbocycles. The Morgan fingerprint density at radius 2 is 1.96 bits per heavy atom. The molecule has 2 aliphatic heterocycles. The van der Waals surface area contributed by atoms with Crippen molar-refractivity contribution in [3.8, 4) is 5.75 Å². The average Bonchev–Trinajstić information content (AvgIpc) is 2.90. The van der Waals surface area contributed by atoms with Crippen LogP contribution in [0.5, 0.6) is 5.75 Å². The lowest BCUT2D eigenvalue weighted by molar-refractivity contribution is -0.136. The molecule has 138 valence electrons. The summed E-state index contributed by atoms with van der Waals surface area (Å²) >= 11 is 0.857. The van der Waals surface area contributed by atoms with E-state index in [1.54, 1.807) is 24.2 Å². The molecule has 0 spiro atoms. The molecule has 0 atom stereocenters. The average molecular weight is 374 g/mol. The van der Waals surface area contributed by atoms with Crippen LogP contribution in [0.15, 0.2) is 29.2 Å². The zero-order valence-corrected chi connectivity index (χ0v) is 15.8. The minimum atomic E-state index is -0.426. The summed E-state index contributed by atoms with van der Waals surface area (Å²) in [4.78, 5) is 40.4. The van der Waals surface area contributed by atoms with Gasteiger partial charge in [-0.15, -0.1) is 0 Å². The van der Waals surface area contributed by atoms with Crippen molar-refractivity contribution >= 4 is 34.9 Å². The number of hydrogen-bond donors (Lipinski definition) is 0. The van der Waals surface area contributed by atoms with E-state index < -0.39 is 11.1 Å². The Balaban J connectivity index is 1.71. The molecule has 2 saturated heterocycles. The number of likely N-dealkylation sites (tertiary alicyclic amines) is 1. The summed E-state index contributed by atoms with van der Waals surface area (Å²) in [5.74, 6) is 0.639. The predicted molar refractivity (Wildman–Crippen MR) is 101 cm³/mol. The van der Waals surface area contributed by atoms with Crippen molar-refractivity contribution < 1.29 is 19.1 Å². The fraction of sp³-hybridized carbons (Fsp3) is 0.421. The molecule has 3 amide bonds. The largest absolute Gasteiger partial charge is 0.496 e. The molecule has 3 rings (SSSR count). The van der Waals surface area contributed by atoms with Gasteiger partial charge in [-0.3, -0.25) is 19.3 Å². The number of benzene rings is 1. The van der Waals surface area contributed by atoms with E-state index in [1.165, 1.54) is 0 Å². The normalized spacial score (nSPS) is 20.2. The van der Waals surface area contributed by atoms with Crippen LogP contribution in [0.4, 0.5) is 4.79 Å². The number of para-hydroxylation sites is 1. The van der Waals surface area contributed by atoms with Crippen LogP contribution in [-0.2, 0) is 9.59 Å². The monoisotopic (exact) mass is 374 g/mol. The van der Waals surface area contributed by atoms with Gasteiger partial charge in [-0.25, -0.2) is 0 Å². The van der Waals surface area contributed by atoms with Gasteiger partial charge in [0, 0.05) is 18.7 Å². The minimum absolute atomic E-state index is 0.169. The fourth-order valence-electron chi connectivity index (χ4n) is 3.06. The molecule has 0 unspecified atom stereocenters. The van der Waals surface area contributed by atoms with Crippen molar-refractivity contribution in [1.82, 2.24) is 9.80 Å². The topological polar surface area (TPSA) is 66.9 Å². The number of methoxy groups -OCH3 is 1. The summed E-state index contributed by atoms with van der Waals surface area (Å²) in [5, 5.41) is -0.408. The van der Waals surface area contributed by atoms with E-state index in [0.717, 1.165) is 35.1 Å². The first-order valence-electron chi connectivity index (χ1n) is 8.65. The Kier molecular flexibility index (Phi) is 5.66. The zero-order valence-electron chi connectivity index (χ0n) is 14.9. The Labute approximate surface area is 157 Å². The van der Waals surface area contributed by atoms with Crippen molar-refractivity contribution in [3.63, 3.8) is 0 Å². The second-order valence-electron chi connectivity index (χ2n) is 6.57. The number of piperidine rings is 1. The highest BCUT2D eigenvalue weighted by Gasteiger charge is 2.37. The van der Waals surface area contributed by atoms with Crippen LogP contribution in [-0.4, -0.2) is 53.6 Å². The highest BCUT2D eigenvalue weighted by atomic mass is 32.2. The SMILES string of the molecule is COc1ccccc1/C=C1\SC(=O)N(CC(=O)N2CCC(C)CC2)C1=O. The molecule has 0 N–H and O–H groups in total. The molecule has 0 aliphatic carbocycles. The maximum Gasteiger partial charge on any atom is 0.294 e. The number of carbonyl (C=O) groups excluding carboxylic acids is 3. The smallest absolute Gasteiger partial charge is 0.294 e. The number of thioether (sulfide) groups is 1. The van der Waals surface area contributed by atoms with E-state index in [4.69, 9.17) is 4.74 Å². The number of nitrogens with zero attached hydrogens (tertiary/aromatic N) is 2. The molecule has 2 fully saturated rings. The predicted octanol–water partition coefficient (Wildman–Crippen LogP) is 2.99. The Bertz CT molecular complexity index is 754. The summed E-state index contributed by atoms with van der Waals surface area (Å²) in [6, 6.07) is 7.27. The molecule has 2 heterocycles. The van der Waals surface area contributed by atoms with Crippen molar-refractivity contribution in [2.45, 2.75) is 19.8 Å². The summed E-state index contributed by atoms with van der Waals surface area (Å²) < 4.78 is 5.27. The van der Waals surface area contributed by atoms with Crippen molar-refractivity contribution in [1.29, 1.82) is 0 Å². The molecular formula is C19H22N2O4S. The number of ether oxygens (including phenoxy) is 1. The third-order valence-electron chi connectivity index (χ3n) is 4.73. The van der Waals surface area contributed by atoms with Crippen LogP contribution < -0.4 is 4.74 Å². The number of rotatable bonds is 4. The van der Waals surface area contributed by atoms with Crippen LogP contribution >= 0.6 is 11.8 Å². The maximum absolute atomic E-state index is 12.6. The Hall–Kier alpha value is -2.28. The molecule has 1 aromatic rings. The van der Waals surface area contributed by atoms with Gasteiger partial charge in [0.1, 0.15) is 12.3 Å². The van der Waals surface area contributed by atoms with Gasteiger partial charge in [0.15, 0.2) is 0 Å². The van der Waals surface area contributed by atoms with Crippen LogP contribution in [0.25, 0.3) is 6.08 Å². The van der Waals surface area contributed by atoms with Gasteiger partial charge in [-0.1, -0.05) is 25.1 Å². The van der Waals surface area contributed by atoms with Gasteiger partial charge in [0.05, 0.1) is 12.0 Å². The van der Waals surface area contributed by atoms with Crippen LogP contribution in [0, 0.1) is 5.92 Å². The van der Waals surface area contributed by atoms with E-state index in [-0.39, 0.29) is 12.5 Å². The molecule has 6 nitrogen and oxygen atoms in total. The molecule has 2 aliphatic rings. The zero-order chi connectivity index (χ0) is 18.7. The molecular weight excluding hydrogens is 352 g/mol. The first kappa shape index (κ1) is 18.5. The van der Waals surface area contributed by atoms with E-state index in [9.17, 15) is 14.4 Å². The summed E-state index contributed by atoms with van der Waals surface area (Å²) in [6.45, 7) is 3.35. The van der Waals surface area contributed by atoms with Crippen LogP contribution in [0.3, 0.4) is 0 Å². The second kappa shape index (κ2) is 7.95. The molecule has 1 aromatic carbocycles. The van der Waals surface area contributed by atoms with Gasteiger partial charge < -0.3 is 9.64 Å². The molecule has 0 aromatic heterocycles. The molecule has 7 heteroatoms. The number of carbonyl (C=O) groups is 3. The van der Waals surface area contributed by atoms with E-state index in [0.29, 0.717) is 29.7 Å². The van der Waals surface area contributed by atoms with E-state index >= 15 is 0 Å². The van der Waals surface area contributed by atoms with Crippen molar-refractivity contribution in [2.24, 2.45) is 5.92 Å².